The smallest absolute Gasteiger partial charge is 0.317 e. The molecule has 2 heterocycles. The van der Waals surface area contributed by atoms with Gasteiger partial charge in [-0.15, -0.1) is 0 Å². The van der Waals surface area contributed by atoms with E-state index in [1.54, 1.807) is 24.2 Å². The van der Waals surface area contributed by atoms with Crippen molar-refractivity contribution in [2.45, 2.75) is 32.7 Å². The van der Waals surface area contributed by atoms with Gasteiger partial charge in [-0.3, -0.25) is 9.89 Å². The van der Waals surface area contributed by atoms with Gasteiger partial charge >= 0.3 is 12.0 Å². The lowest BCUT2D eigenvalue weighted by molar-refractivity contribution is -0.150. The molecule has 0 radical (unpaired) electrons. The number of urea groups is 1. The maximum atomic E-state index is 12.1. The summed E-state index contributed by atoms with van der Waals surface area (Å²) >= 11 is 0. The second-order valence-corrected chi connectivity index (χ2v) is 5.56. The van der Waals surface area contributed by atoms with Gasteiger partial charge in [0.1, 0.15) is 0 Å². The molecule has 1 aromatic rings. The summed E-state index contributed by atoms with van der Waals surface area (Å²) in [7, 11) is 0. The number of nitrogens with one attached hydrogen (secondary N) is 2. The lowest BCUT2D eigenvalue weighted by atomic mass is 9.80. The lowest BCUT2D eigenvalue weighted by Gasteiger charge is -2.36. The van der Waals surface area contributed by atoms with Crippen LogP contribution >= 0.6 is 0 Å². The lowest BCUT2D eigenvalue weighted by Crippen LogP contribution is -2.49. The van der Waals surface area contributed by atoms with Crippen molar-refractivity contribution in [3.05, 3.63) is 18.0 Å². The Morgan fingerprint density at radius 3 is 2.65 bits per heavy atom. The number of aromatic amines is 1. The zero-order chi connectivity index (χ0) is 14.8. The highest BCUT2D eigenvalue weighted by Crippen LogP contribution is 2.31. The van der Waals surface area contributed by atoms with Crippen LogP contribution in [0.3, 0.4) is 0 Å². The number of nitrogens with zero attached hydrogens (tertiary/aromatic N) is 2. The molecule has 0 bridgehead atoms. The van der Waals surface area contributed by atoms with Crippen LogP contribution in [-0.4, -0.2) is 45.3 Å². The van der Waals surface area contributed by atoms with Crippen LogP contribution < -0.4 is 5.32 Å². The fraction of sp³-hybridized carbons (Fsp3) is 0.615. The number of carbonyl (C=O) groups excluding carboxylic acids is 1. The van der Waals surface area contributed by atoms with Crippen molar-refractivity contribution in [3.8, 4) is 0 Å². The molecule has 110 valence electrons. The number of amides is 2. The number of H-pyrrole nitrogens is 1. The molecule has 20 heavy (non-hydrogen) atoms. The Hall–Kier alpha value is -2.05. The average molecular weight is 280 g/mol. The summed E-state index contributed by atoms with van der Waals surface area (Å²) in [6, 6.07) is -0.292. The Kier molecular flexibility index (Phi) is 3.96. The van der Waals surface area contributed by atoms with E-state index >= 15 is 0 Å². The van der Waals surface area contributed by atoms with Gasteiger partial charge in [0.2, 0.25) is 0 Å². The number of hydrogen-bond donors (Lipinski definition) is 3. The normalized spacial score (nSPS) is 19.4. The van der Waals surface area contributed by atoms with Gasteiger partial charge in [-0.1, -0.05) is 0 Å². The van der Waals surface area contributed by atoms with E-state index in [9.17, 15) is 9.59 Å². The number of rotatable bonds is 3. The largest absolute Gasteiger partial charge is 0.481 e. The Morgan fingerprint density at radius 2 is 2.15 bits per heavy atom. The maximum Gasteiger partial charge on any atom is 0.317 e. The predicted octanol–water partition coefficient (Wildman–Crippen LogP) is 1.37. The van der Waals surface area contributed by atoms with Gasteiger partial charge in [0.15, 0.2) is 0 Å². The van der Waals surface area contributed by atoms with Crippen molar-refractivity contribution in [3.63, 3.8) is 0 Å². The summed E-state index contributed by atoms with van der Waals surface area (Å²) in [6.07, 6.45) is 4.37. The van der Waals surface area contributed by atoms with Crippen molar-refractivity contribution >= 4 is 12.0 Å². The third-order valence-corrected chi connectivity index (χ3v) is 4.03. The fourth-order valence-electron chi connectivity index (χ4n) is 2.27. The van der Waals surface area contributed by atoms with E-state index in [0.717, 1.165) is 5.56 Å². The molecule has 0 spiro atoms. The van der Waals surface area contributed by atoms with Gasteiger partial charge in [0, 0.05) is 24.8 Å². The molecule has 1 atom stereocenters. The second kappa shape index (κ2) is 5.52. The first kappa shape index (κ1) is 14.4. The van der Waals surface area contributed by atoms with Gasteiger partial charge in [-0.05, 0) is 26.7 Å². The topological polar surface area (TPSA) is 98.3 Å². The average Bonchev–Trinajstić information content (AvgIpc) is 2.93. The molecular weight excluding hydrogens is 260 g/mol. The summed E-state index contributed by atoms with van der Waals surface area (Å²) in [6.45, 7) is 4.55. The quantitative estimate of drug-likeness (QED) is 0.778. The van der Waals surface area contributed by atoms with Crippen LogP contribution in [0.1, 0.15) is 38.3 Å². The van der Waals surface area contributed by atoms with Crippen LogP contribution in [0, 0.1) is 5.41 Å². The van der Waals surface area contributed by atoms with Gasteiger partial charge in [-0.25, -0.2) is 4.79 Å². The Balaban J connectivity index is 1.88. The van der Waals surface area contributed by atoms with Gasteiger partial charge in [0.05, 0.1) is 17.7 Å². The molecule has 1 saturated heterocycles. The standard InChI is InChI=1S/C13H20N4O3/c1-9(10-7-14-15-8-10)16-12(20)17-5-3-13(2,4-6-17)11(18)19/h7-9H,3-6H2,1-2H3,(H,14,15)(H,16,20)(H,18,19). The number of carboxylic acids is 1. The summed E-state index contributed by atoms with van der Waals surface area (Å²) in [4.78, 5) is 24.9. The molecule has 1 aromatic heterocycles. The highest BCUT2D eigenvalue weighted by molar-refractivity contribution is 5.77. The summed E-state index contributed by atoms with van der Waals surface area (Å²) < 4.78 is 0. The minimum absolute atomic E-state index is 0.131. The third-order valence-electron chi connectivity index (χ3n) is 4.03. The molecule has 0 aliphatic carbocycles. The first-order chi connectivity index (χ1) is 9.42. The van der Waals surface area contributed by atoms with Crippen molar-refractivity contribution in [1.29, 1.82) is 0 Å². The number of carbonyl (C=O) groups is 2. The molecule has 1 unspecified atom stereocenters. The molecule has 2 amide bonds. The SMILES string of the molecule is CC(NC(=O)N1CCC(C)(C(=O)O)CC1)c1cn[nH]c1. The molecule has 1 fully saturated rings. The Bertz CT molecular complexity index is 478. The minimum Gasteiger partial charge on any atom is -0.481 e. The van der Waals surface area contributed by atoms with Crippen LogP contribution in [-0.2, 0) is 4.79 Å². The summed E-state index contributed by atoms with van der Waals surface area (Å²) in [5.41, 5.74) is 0.193. The molecular formula is C13H20N4O3. The van der Waals surface area contributed by atoms with E-state index in [-0.39, 0.29) is 12.1 Å². The number of piperidine rings is 1. The predicted molar refractivity (Wildman–Crippen MR) is 72.1 cm³/mol. The third kappa shape index (κ3) is 2.92. The Morgan fingerprint density at radius 1 is 1.50 bits per heavy atom. The highest BCUT2D eigenvalue weighted by atomic mass is 16.4. The monoisotopic (exact) mass is 280 g/mol. The summed E-state index contributed by atoms with van der Waals surface area (Å²) in [5.74, 6) is -0.788. The van der Waals surface area contributed by atoms with E-state index in [1.807, 2.05) is 6.92 Å². The summed E-state index contributed by atoms with van der Waals surface area (Å²) in [5, 5.41) is 18.6. The molecule has 7 nitrogen and oxygen atoms in total. The zero-order valence-corrected chi connectivity index (χ0v) is 11.7. The number of carboxylic acid groups (broad SMARTS) is 1. The minimum atomic E-state index is -0.788. The number of aromatic nitrogens is 2. The zero-order valence-electron chi connectivity index (χ0n) is 11.7. The van der Waals surface area contributed by atoms with Crippen LogP contribution in [0.4, 0.5) is 4.79 Å². The van der Waals surface area contributed by atoms with Crippen LogP contribution in [0.25, 0.3) is 0 Å². The maximum absolute atomic E-state index is 12.1. The first-order valence-electron chi connectivity index (χ1n) is 6.70. The molecule has 7 heteroatoms. The van der Waals surface area contributed by atoms with Gasteiger partial charge < -0.3 is 15.3 Å². The second-order valence-electron chi connectivity index (χ2n) is 5.56. The molecule has 0 aromatic carbocycles. The van der Waals surface area contributed by atoms with Crippen molar-refractivity contribution in [1.82, 2.24) is 20.4 Å². The molecule has 1 aliphatic rings. The Labute approximate surface area is 117 Å². The van der Waals surface area contributed by atoms with Crippen molar-refractivity contribution in [2.75, 3.05) is 13.1 Å². The number of likely N-dealkylation sites (tertiary alicyclic amines) is 1. The number of hydrogen-bond acceptors (Lipinski definition) is 3. The highest BCUT2D eigenvalue weighted by Gasteiger charge is 2.38. The molecule has 1 aliphatic heterocycles. The van der Waals surface area contributed by atoms with E-state index in [4.69, 9.17) is 5.11 Å². The van der Waals surface area contributed by atoms with Crippen LogP contribution in [0.5, 0.6) is 0 Å². The van der Waals surface area contributed by atoms with E-state index in [2.05, 4.69) is 15.5 Å². The van der Waals surface area contributed by atoms with Gasteiger partial charge in [0.25, 0.3) is 0 Å². The fourth-order valence-corrected chi connectivity index (χ4v) is 2.27. The van der Waals surface area contributed by atoms with E-state index in [1.165, 1.54) is 0 Å². The van der Waals surface area contributed by atoms with E-state index < -0.39 is 11.4 Å². The van der Waals surface area contributed by atoms with E-state index in [0.29, 0.717) is 25.9 Å². The van der Waals surface area contributed by atoms with Crippen molar-refractivity contribution < 1.29 is 14.7 Å². The molecule has 3 N–H and O–H groups in total. The van der Waals surface area contributed by atoms with Crippen LogP contribution in [0.2, 0.25) is 0 Å². The molecule has 0 saturated carbocycles. The molecule has 2 rings (SSSR count). The van der Waals surface area contributed by atoms with Crippen molar-refractivity contribution in [2.24, 2.45) is 5.41 Å². The first-order valence-corrected chi connectivity index (χ1v) is 6.70. The number of aliphatic carboxylic acids is 1. The van der Waals surface area contributed by atoms with Gasteiger partial charge in [-0.2, -0.15) is 5.10 Å². The van der Waals surface area contributed by atoms with Crippen LogP contribution in [0.15, 0.2) is 12.4 Å².